The average molecular weight is 298 g/mol. The largest absolute Gasteiger partial charge is 0.369 e. The minimum absolute atomic E-state index is 0.00975. The minimum Gasteiger partial charge on any atom is -0.369 e. The lowest BCUT2D eigenvalue weighted by Crippen LogP contribution is -2.39. The van der Waals surface area contributed by atoms with E-state index < -0.39 is 0 Å². The molecule has 0 amide bonds. The van der Waals surface area contributed by atoms with Crippen LogP contribution in [0.3, 0.4) is 0 Å². The van der Waals surface area contributed by atoms with E-state index in [4.69, 9.17) is 16.3 Å². The van der Waals surface area contributed by atoms with Gasteiger partial charge in [0.15, 0.2) is 0 Å². The molecule has 0 heterocycles. The van der Waals surface area contributed by atoms with Gasteiger partial charge in [0, 0.05) is 22.7 Å². The highest BCUT2D eigenvalue weighted by Gasteiger charge is 2.20. The summed E-state index contributed by atoms with van der Waals surface area (Å²) < 4.78 is 6.21. The Bertz CT molecular complexity index is 400. The zero-order valence-corrected chi connectivity index (χ0v) is 14.1. The van der Waals surface area contributed by atoms with Gasteiger partial charge in [-0.25, -0.2) is 0 Å². The van der Waals surface area contributed by atoms with Gasteiger partial charge in [-0.15, -0.1) is 0 Å². The normalized spacial score (nSPS) is 15.1. The molecule has 0 aliphatic carbocycles. The van der Waals surface area contributed by atoms with E-state index >= 15 is 0 Å². The molecule has 1 aromatic rings. The van der Waals surface area contributed by atoms with Gasteiger partial charge in [0.2, 0.25) is 0 Å². The van der Waals surface area contributed by atoms with Gasteiger partial charge < -0.3 is 10.1 Å². The van der Waals surface area contributed by atoms with Crippen LogP contribution in [0, 0.1) is 0 Å². The van der Waals surface area contributed by atoms with Gasteiger partial charge in [-0.1, -0.05) is 43.1 Å². The summed E-state index contributed by atoms with van der Waals surface area (Å²) in [7, 11) is 0. The molecule has 0 saturated carbocycles. The van der Waals surface area contributed by atoms with Crippen molar-refractivity contribution in [2.24, 2.45) is 0 Å². The van der Waals surface area contributed by atoms with E-state index in [-0.39, 0.29) is 17.7 Å². The fourth-order valence-electron chi connectivity index (χ4n) is 2.12. The summed E-state index contributed by atoms with van der Waals surface area (Å²) in [6.45, 7) is 11.5. The second kappa shape index (κ2) is 8.02. The number of hydrogen-bond donors (Lipinski definition) is 1. The molecule has 1 aromatic carbocycles. The Hall–Kier alpha value is -0.570. The van der Waals surface area contributed by atoms with E-state index in [0.717, 1.165) is 30.0 Å². The maximum atomic E-state index is 6.32. The number of rotatable bonds is 7. The van der Waals surface area contributed by atoms with E-state index in [1.165, 1.54) is 0 Å². The number of benzene rings is 1. The molecule has 2 nitrogen and oxygen atoms in total. The van der Waals surface area contributed by atoms with Crippen LogP contribution in [0.1, 0.15) is 59.1 Å². The third kappa shape index (κ3) is 6.25. The van der Waals surface area contributed by atoms with Crippen molar-refractivity contribution in [2.75, 3.05) is 6.54 Å². The molecule has 1 N–H and O–H groups in total. The van der Waals surface area contributed by atoms with Crippen molar-refractivity contribution in [2.45, 2.75) is 65.2 Å². The van der Waals surface area contributed by atoms with E-state index in [0.29, 0.717) is 0 Å². The molecule has 114 valence electrons. The van der Waals surface area contributed by atoms with E-state index in [1.54, 1.807) is 0 Å². The second-order valence-corrected chi connectivity index (χ2v) is 6.78. The Balaban J connectivity index is 2.81. The van der Waals surface area contributed by atoms with Gasteiger partial charge in [0.25, 0.3) is 0 Å². The summed E-state index contributed by atoms with van der Waals surface area (Å²) in [6.07, 6.45) is 2.42. The summed E-state index contributed by atoms with van der Waals surface area (Å²) in [5, 5.41) is 4.29. The zero-order valence-electron chi connectivity index (χ0n) is 13.4. The number of ether oxygens (including phenoxy) is 1. The molecule has 0 aliphatic heterocycles. The number of hydrogen-bond acceptors (Lipinski definition) is 2. The van der Waals surface area contributed by atoms with E-state index in [1.807, 2.05) is 18.2 Å². The molecule has 0 bridgehead atoms. The van der Waals surface area contributed by atoms with Crippen LogP contribution in [0.4, 0.5) is 0 Å². The first-order chi connectivity index (χ1) is 9.33. The summed E-state index contributed by atoms with van der Waals surface area (Å²) in [6, 6.07) is 7.94. The topological polar surface area (TPSA) is 21.3 Å². The maximum absolute atomic E-state index is 6.32. The first kappa shape index (κ1) is 17.5. The molecular weight excluding hydrogens is 270 g/mol. The Morgan fingerprint density at radius 3 is 2.45 bits per heavy atom. The van der Waals surface area contributed by atoms with Crippen LogP contribution >= 0.6 is 11.6 Å². The third-order valence-corrected chi connectivity index (χ3v) is 3.51. The van der Waals surface area contributed by atoms with Crippen molar-refractivity contribution in [1.29, 1.82) is 0 Å². The lowest BCUT2D eigenvalue weighted by Gasteiger charge is -2.28. The van der Waals surface area contributed by atoms with Crippen molar-refractivity contribution < 1.29 is 4.74 Å². The van der Waals surface area contributed by atoms with Gasteiger partial charge in [0.05, 0.1) is 12.2 Å². The fraction of sp³-hybridized carbons (Fsp3) is 0.647. The Morgan fingerprint density at radius 2 is 1.90 bits per heavy atom. The highest BCUT2D eigenvalue weighted by atomic mass is 35.5. The van der Waals surface area contributed by atoms with Gasteiger partial charge in [0.1, 0.15) is 0 Å². The van der Waals surface area contributed by atoms with Crippen molar-refractivity contribution >= 4 is 11.6 Å². The Labute approximate surface area is 128 Å². The van der Waals surface area contributed by atoms with Crippen molar-refractivity contribution in [3.05, 3.63) is 34.9 Å². The SMILES string of the molecule is CCCC(C)OC(CNC(C)(C)C)c1ccccc1Cl. The predicted octanol–water partition coefficient (Wildman–Crippen LogP) is 4.97. The van der Waals surface area contributed by atoms with E-state index in [2.05, 4.69) is 46.0 Å². The van der Waals surface area contributed by atoms with Crippen molar-refractivity contribution in [3.63, 3.8) is 0 Å². The maximum Gasteiger partial charge on any atom is 0.0967 e. The second-order valence-electron chi connectivity index (χ2n) is 6.38. The quantitative estimate of drug-likeness (QED) is 0.767. The molecular formula is C17H28ClNO. The molecule has 0 radical (unpaired) electrons. The van der Waals surface area contributed by atoms with Gasteiger partial charge in [-0.05, 0) is 40.2 Å². The van der Waals surface area contributed by atoms with Crippen LogP contribution in [-0.4, -0.2) is 18.2 Å². The van der Waals surface area contributed by atoms with Crippen LogP contribution in [0.15, 0.2) is 24.3 Å². The lowest BCUT2D eigenvalue weighted by molar-refractivity contribution is -0.00988. The molecule has 2 unspecified atom stereocenters. The van der Waals surface area contributed by atoms with Gasteiger partial charge in [-0.2, -0.15) is 0 Å². The molecule has 2 atom stereocenters. The van der Waals surface area contributed by atoms with Crippen molar-refractivity contribution in [1.82, 2.24) is 5.32 Å². The van der Waals surface area contributed by atoms with Gasteiger partial charge in [-0.3, -0.25) is 0 Å². The standard InChI is InChI=1S/C17H28ClNO/c1-6-9-13(2)20-16(12-19-17(3,4)5)14-10-7-8-11-15(14)18/h7-8,10-11,13,16,19H,6,9,12H2,1-5H3. The van der Waals surface area contributed by atoms with Crippen LogP contribution in [-0.2, 0) is 4.74 Å². The lowest BCUT2D eigenvalue weighted by atomic mass is 10.1. The summed E-state index contributed by atoms with van der Waals surface area (Å²) in [5.41, 5.74) is 1.13. The Kier molecular flexibility index (Phi) is 7.01. The van der Waals surface area contributed by atoms with Crippen molar-refractivity contribution in [3.8, 4) is 0 Å². The monoisotopic (exact) mass is 297 g/mol. The summed E-state index contributed by atoms with van der Waals surface area (Å²) in [4.78, 5) is 0. The minimum atomic E-state index is -0.00975. The van der Waals surface area contributed by atoms with Gasteiger partial charge >= 0.3 is 0 Å². The molecule has 0 aromatic heterocycles. The summed E-state index contributed by atoms with van der Waals surface area (Å²) in [5.74, 6) is 0. The zero-order chi connectivity index (χ0) is 15.2. The molecule has 0 fully saturated rings. The number of halogens is 1. The smallest absolute Gasteiger partial charge is 0.0967 e. The molecule has 20 heavy (non-hydrogen) atoms. The first-order valence-electron chi connectivity index (χ1n) is 7.48. The highest BCUT2D eigenvalue weighted by Crippen LogP contribution is 2.27. The molecule has 3 heteroatoms. The molecule has 0 saturated heterocycles. The average Bonchev–Trinajstić information content (AvgIpc) is 2.34. The molecule has 0 aliphatic rings. The Morgan fingerprint density at radius 1 is 1.25 bits per heavy atom. The molecule has 0 spiro atoms. The third-order valence-electron chi connectivity index (χ3n) is 3.16. The fourth-order valence-corrected chi connectivity index (χ4v) is 2.38. The predicted molar refractivity (Wildman–Crippen MR) is 87.4 cm³/mol. The van der Waals surface area contributed by atoms with Crippen LogP contribution < -0.4 is 5.32 Å². The van der Waals surface area contributed by atoms with Crippen LogP contribution in [0.2, 0.25) is 5.02 Å². The number of nitrogens with one attached hydrogen (secondary N) is 1. The first-order valence-corrected chi connectivity index (χ1v) is 7.86. The highest BCUT2D eigenvalue weighted by molar-refractivity contribution is 6.31. The van der Waals surface area contributed by atoms with E-state index in [9.17, 15) is 0 Å². The molecule has 1 rings (SSSR count). The summed E-state index contributed by atoms with van der Waals surface area (Å²) >= 11 is 6.32. The van der Waals surface area contributed by atoms with Crippen LogP contribution in [0.5, 0.6) is 0 Å². The van der Waals surface area contributed by atoms with Crippen LogP contribution in [0.25, 0.3) is 0 Å².